The number of benzene rings is 1. The third kappa shape index (κ3) is 3.19. The quantitative estimate of drug-likeness (QED) is 0.659. The number of allylic oxidation sites excluding steroid dienone is 2. The lowest BCUT2D eigenvalue weighted by Crippen LogP contribution is -2.31. The number of hydrogen-bond donors (Lipinski definition) is 0. The molecule has 1 aliphatic heterocycles. The van der Waals surface area contributed by atoms with Crippen molar-refractivity contribution in [1.82, 2.24) is 0 Å². The molecule has 0 radical (unpaired) electrons. The van der Waals surface area contributed by atoms with Gasteiger partial charge in [0.2, 0.25) is 11.6 Å². The Morgan fingerprint density at radius 3 is 2.00 bits per heavy atom. The van der Waals surface area contributed by atoms with Crippen molar-refractivity contribution in [2.75, 3.05) is 0 Å². The summed E-state index contributed by atoms with van der Waals surface area (Å²) in [7, 11) is 0. The molecule has 0 spiro atoms. The molecule has 0 saturated carbocycles. The van der Waals surface area contributed by atoms with Crippen LogP contribution in [0, 0.1) is 0 Å². The molecule has 1 aliphatic carbocycles. The average Bonchev–Trinajstić information content (AvgIpc) is 2.55. The smallest absolute Gasteiger partial charge is 0.237 e. The van der Waals surface area contributed by atoms with Crippen molar-refractivity contribution >= 4 is 17.3 Å². The molecule has 3 rings (SSSR count). The first-order valence-corrected chi connectivity index (χ1v) is 7.80. The van der Waals surface area contributed by atoms with E-state index in [1.807, 2.05) is 53.7 Å². The molecule has 0 bridgehead atoms. The zero-order chi connectivity index (χ0) is 16.9. The molecular formula is C19H24O3. The number of hydrogen-bond acceptors (Lipinski definition) is 3. The topological polar surface area (TPSA) is 43.4 Å². The summed E-state index contributed by atoms with van der Waals surface area (Å²) >= 11 is 0. The van der Waals surface area contributed by atoms with Gasteiger partial charge in [-0.2, -0.15) is 0 Å². The summed E-state index contributed by atoms with van der Waals surface area (Å²) in [5, 5.41) is 0. The van der Waals surface area contributed by atoms with E-state index in [9.17, 15) is 9.59 Å². The Kier molecular flexibility index (Phi) is 5.86. The molecule has 118 valence electrons. The molecule has 22 heavy (non-hydrogen) atoms. The maximum atomic E-state index is 12.0. The van der Waals surface area contributed by atoms with E-state index < -0.39 is 17.2 Å². The van der Waals surface area contributed by atoms with Crippen molar-refractivity contribution in [3.05, 3.63) is 53.1 Å². The van der Waals surface area contributed by atoms with Crippen molar-refractivity contribution in [3.63, 3.8) is 0 Å². The Morgan fingerprint density at radius 2 is 1.41 bits per heavy atom. The fourth-order valence-electron chi connectivity index (χ4n) is 2.21. The summed E-state index contributed by atoms with van der Waals surface area (Å²) in [6.07, 6.45) is 3.49. The maximum absolute atomic E-state index is 12.0. The van der Waals surface area contributed by atoms with Crippen LogP contribution in [0.5, 0.6) is 0 Å². The van der Waals surface area contributed by atoms with Gasteiger partial charge in [-0.3, -0.25) is 9.59 Å². The van der Waals surface area contributed by atoms with Gasteiger partial charge in [0.05, 0.1) is 5.57 Å². The van der Waals surface area contributed by atoms with Gasteiger partial charge < -0.3 is 4.74 Å². The second kappa shape index (κ2) is 7.21. The van der Waals surface area contributed by atoms with E-state index in [1.54, 1.807) is 24.3 Å². The average molecular weight is 300 g/mol. The largest absolute Gasteiger partial charge is 0.482 e. The van der Waals surface area contributed by atoms with Crippen LogP contribution in [0.4, 0.5) is 0 Å². The summed E-state index contributed by atoms with van der Waals surface area (Å²) < 4.78 is 5.84. The fourth-order valence-corrected chi connectivity index (χ4v) is 2.21. The van der Waals surface area contributed by atoms with Crippen LogP contribution < -0.4 is 0 Å². The number of carbonyl (C=O) groups excluding carboxylic acids is 2. The van der Waals surface area contributed by atoms with Crippen LogP contribution in [0.3, 0.4) is 0 Å². The molecule has 0 N–H and O–H groups in total. The molecular weight excluding hydrogens is 276 g/mol. The number of fused-ring (bicyclic) bond motifs is 2. The number of carbonyl (C=O) groups is 2. The Bertz CT molecular complexity index is 634. The molecule has 2 aliphatic rings. The van der Waals surface area contributed by atoms with Crippen molar-refractivity contribution in [2.45, 2.75) is 47.1 Å². The van der Waals surface area contributed by atoms with Crippen LogP contribution >= 0.6 is 0 Å². The Morgan fingerprint density at radius 1 is 0.864 bits per heavy atom. The van der Waals surface area contributed by atoms with Crippen molar-refractivity contribution < 1.29 is 14.3 Å². The van der Waals surface area contributed by atoms with E-state index in [0.717, 1.165) is 0 Å². The Hall–Kier alpha value is -2.16. The Labute approximate surface area is 132 Å². The lowest BCUT2D eigenvalue weighted by molar-refractivity contribution is -0.111. The molecule has 3 heteroatoms. The lowest BCUT2D eigenvalue weighted by Gasteiger charge is -2.32. The second-order valence-electron chi connectivity index (χ2n) is 4.99. The molecule has 0 atom stereocenters. The minimum atomic E-state index is -0.490. The van der Waals surface area contributed by atoms with Gasteiger partial charge >= 0.3 is 0 Å². The SMILES string of the molecule is CC.CC.CC1(C)C=CC2=C(O1)c1ccccc1C(=O)C2=O. The molecule has 1 aromatic carbocycles. The predicted molar refractivity (Wildman–Crippen MR) is 89.7 cm³/mol. The van der Waals surface area contributed by atoms with Gasteiger partial charge in [0.15, 0.2) is 0 Å². The van der Waals surface area contributed by atoms with Crippen LogP contribution in [-0.4, -0.2) is 17.2 Å². The zero-order valence-corrected chi connectivity index (χ0v) is 14.2. The zero-order valence-electron chi connectivity index (χ0n) is 14.2. The van der Waals surface area contributed by atoms with Gasteiger partial charge in [-0.05, 0) is 26.0 Å². The van der Waals surface area contributed by atoms with Crippen LogP contribution in [0.25, 0.3) is 5.76 Å². The highest BCUT2D eigenvalue weighted by Crippen LogP contribution is 2.37. The Balaban J connectivity index is 0.000000561. The highest BCUT2D eigenvalue weighted by molar-refractivity contribution is 6.53. The van der Waals surface area contributed by atoms with E-state index in [1.165, 1.54) is 0 Å². The van der Waals surface area contributed by atoms with E-state index in [2.05, 4.69) is 0 Å². The van der Waals surface area contributed by atoms with Gasteiger partial charge in [-0.25, -0.2) is 0 Å². The summed E-state index contributed by atoms with van der Waals surface area (Å²) in [4.78, 5) is 24.0. The van der Waals surface area contributed by atoms with E-state index in [-0.39, 0.29) is 0 Å². The van der Waals surface area contributed by atoms with E-state index in [0.29, 0.717) is 22.5 Å². The van der Waals surface area contributed by atoms with Crippen molar-refractivity contribution in [1.29, 1.82) is 0 Å². The first-order valence-electron chi connectivity index (χ1n) is 7.80. The fraction of sp³-hybridized carbons (Fsp3) is 0.368. The minimum absolute atomic E-state index is 0.359. The second-order valence-corrected chi connectivity index (χ2v) is 4.99. The van der Waals surface area contributed by atoms with Crippen molar-refractivity contribution in [2.24, 2.45) is 0 Å². The lowest BCUT2D eigenvalue weighted by atomic mass is 9.86. The van der Waals surface area contributed by atoms with Crippen molar-refractivity contribution in [3.8, 4) is 0 Å². The first-order chi connectivity index (χ1) is 10.5. The summed E-state index contributed by atoms with van der Waals surface area (Å²) in [6, 6.07) is 7.05. The predicted octanol–water partition coefficient (Wildman–Crippen LogP) is 4.58. The van der Waals surface area contributed by atoms with Crippen LogP contribution in [0.2, 0.25) is 0 Å². The molecule has 1 aromatic rings. The maximum Gasteiger partial charge on any atom is 0.237 e. The molecule has 3 nitrogen and oxygen atoms in total. The van der Waals surface area contributed by atoms with Gasteiger partial charge in [0.1, 0.15) is 11.4 Å². The number of Topliss-reactive ketones (excluding diaryl/α,β-unsaturated/α-hetero) is 2. The van der Waals surface area contributed by atoms with E-state index in [4.69, 9.17) is 4.74 Å². The van der Waals surface area contributed by atoms with Gasteiger partial charge in [-0.15, -0.1) is 0 Å². The summed E-state index contributed by atoms with van der Waals surface area (Å²) in [5.74, 6) is -0.435. The molecule has 0 fully saturated rings. The summed E-state index contributed by atoms with van der Waals surface area (Å²) in [6.45, 7) is 11.8. The van der Waals surface area contributed by atoms with Crippen LogP contribution in [0.1, 0.15) is 57.5 Å². The highest BCUT2D eigenvalue weighted by Gasteiger charge is 2.36. The van der Waals surface area contributed by atoms with E-state index >= 15 is 0 Å². The minimum Gasteiger partial charge on any atom is -0.482 e. The normalized spacial score (nSPS) is 17.2. The molecule has 1 heterocycles. The number of rotatable bonds is 0. The molecule has 0 unspecified atom stereocenters. The highest BCUT2D eigenvalue weighted by atomic mass is 16.5. The number of ketones is 2. The van der Waals surface area contributed by atoms with Gasteiger partial charge in [-0.1, -0.05) is 52.0 Å². The molecule has 0 amide bonds. The first kappa shape index (κ1) is 17.9. The standard InChI is InChI=1S/C15H12O3.2C2H6/c1-15(2)8-7-11-13(17)12(16)9-5-3-4-6-10(9)14(11)18-15;2*1-2/h3-8H,1-2H3;2*1-2H3. The van der Waals surface area contributed by atoms with Crippen LogP contribution in [-0.2, 0) is 9.53 Å². The van der Waals surface area contributed by atoms with Gasteiger partial charge in [0, 0.05) is 11.1 Å². The third-order valence-electron chi connectivity index (χ3n) is 3.13. The van der Waals surface area contributed by atoms with Gasteiger partial charge in [0.25, 0.3) is 0 Å². The molecule has 0 aromatic heterocycles. The molecule has 0 saturated heterocycles. The van der Waals surface area contributed by atoms with Crippen LogP contribution in [0.15, 0.2) is 42.0 Å². The number of ether oxygens (including phenoxy) is 1. The third-order valence-corrected chi connectivity index (χ3v) is 3.13. The summed E-state index contributed by atoms with van der Waals surface area (Å²) in [5.41, 5.74) is 1.02. The monoisotopic (exact) mass is 300 g/mol.